The van der Waals surface area contributed by atoms with Gasteiger partial charge < -0.3 is 10.2 Å². The van der Waals surface area contributed by atoms with E-state index in [1.165, 1.54) is 12.1 Å². The summed E-state index contributed by atoms with van der Waals surface area (Å²) in [5, 5.41) is 3.41. The predicted octanol–water partition coefficient (Wildman–Crippen LogP) is 2.04. The standard InChI is InChI=1S/C14H19FN2O/c1-14(2)10-17(9-3-8-16-14)13(18)11-4-6-12(15)7-5-11/h4-7,16H,3,8-10H2,1-2H3. The normalized spacial score (nSPS) is 19.4. The van der Waals surface area contributed by atoms with Crippen LogP contribution >= 0.6 is 0 Å². The van der Waals surface area contributed by atoms with Crippen LogP contribution in [0.5, 0.6) is 0 Å². The van der Waals surface area contributed by atoms with E-state index in [1.54, 1.807) is 12.1 Å². The highest BCUT2D eigenvalue weighted by Crippen LogP contribution is 2.14. The van der Waals surface area contributed by atoms with Crippen LogP contribution in [0.2, 0.25) is 0 Å². The zero-order valence-electron chi connectivity index (χ0n) is 10.9. The first-order valence-corrected chi connectivity index (χ1v) is 6.28. The van der Waals surface area contributed by atoms with E-state index in [0.717, 1.165) is 19.5 Å². The Hall–Kier alpha value is -1.42. The number of hydrogen-bond donors (Lipinski definition) is 1. The van der Waals surface area contributed by atoms with Crippen molar-refractivity contribution < 1.29 is 9.18 Å². The first-order valence-electron chi connectivity index (χ1n) is 6.28. The molecule has 3 nitrogen and oxygen atoms in total. The quantitative estimate of drug-likeness (QED) is 0.827. The Bertz CT molecular complexity index is 428. The Kier molecular flexibility index (Phi) is 3.66. The molecule has 2 rings (SSSR count). The second kappa shape index (κ2) is 5.06. The van der Waals surface area contributed by atoms with Gasteiger partial charge in [-0.25, -0.2) is 4.39 Å². The summed E-state index contributed by atoms with van der Waals surface area (Å²) in [7, 11) is 0. The van der Waals surface area contributed by atoms with E-state index in [1.807, 2.05) is 4.90 Å². The van der Waals surface area contributed by atoms with Crippen molar-refractivity contribution >= 4 is 5.91 Å². The molecule has 18 heavy (non-hydrogen) atoms. The maximum atomic E-state index is 12.8. The minimum absolute atomic E-state index is 0.0215. The molecular formula is C14H19FN2O. The van der Waals surface area contributed by atoms with Gasteiger partial charge in [0.1, 0.15) is 5.82 Å². The van der Waals surface area contributed by atoms with Gasteiger partial charge in [0.05, 0.1) is 0 Å². The highest BCUT2D eigenvalue weighted by molar-refractivity contribution is 5.94. The van der Waals surface area contributed by atoms with Crippen LogP contribution in [-0.2, 0) is 0 Å². The number of benzene rings is 1. The lowest BCUT2D eigenvalue weighted by atomic mass is 10.1. The molecule has 0 bridgehead atoms. The average Bonchev–Trinajstić information content (AvgIpc) is 2.50. The smallest absolute Gasteiger partial charge is 0.253 e. The summed E-state index contributed by atoms with van der Waals surface area (Å²) in [5.74, 6) is -0.337. The fourth-order valence-electron chi connectivity index (χ4n) is 2.26. The van der Waals surface area contributed by atoms with Crippen molar-refractivity contribution in [2.45, 2.75) is 25.8 Å². The van der Waals surface area contributed by atoms with Crippen molar-refractivity contribution in [2.75, 3.05) is 19.6 Å². The lowest BCUT2D eigenvalue weighted by Gasteiger charge is -2.30. The van der Waals surface area contributed by atoms with Crippen molar-refractivity contribution in [1.82, 2.24) is 10.2 Å². The molecule has 0 aromatic heterocycles. The zero-order valence-corrected chi connectivity index (χ0v) is 10.9. The van der Waals surface area contributed by atoms with Gasteiger partial charge >= 0.3 is 0 Å². The highest BCUT2D eigenvalue weighted by atomic mass is 19.1. The van der Waals surface area contributed by atoms with E-state index in [2.05, 4.69) is 19.2 Å². The molecule has 0 unspecified atom stereocenters. The van der Waals surface area contributed by atoms with Crippen molar-refractivity contribution in [3.63, 3.8) is 0 Å². The van der Waals surface area contributed by atoms with Crippen LogP contribution in [0.25, 0.3) is 0 Å². The molecule has 1 aromatic carbocycles. The van der Waals surface area contributed by atoms with Gasteiger partial charge in [0.25, 0.3) is 5.91 Å². The van der Waals surface area contributed by atoms with Gasteiger partial charge in [-0.1, -0.05) is 0 Å². The summed E-state index contributed by atoms with van der Waals surface area (Å²) in [5.41, 5.74) is 0.473. The number of hydrogen-bond acceptors (Lipinski definition) is 2. The maximum absolute atomic E-state index is 12.8. The van der Waals surface area contributed by atoms with Crippen molar-refractivity contribution in [2.24, 2.45) is 0 Å². The summed E-state index contributed by atoms with van der Waals surface area (Å²) in [6.07, 6.45) is 0.941. The Morgan fingerprint density at radius 3 is 2.67 bits per heavy atom. The molecule has 0 radical (unpaired) electrons. The van der Waals surface area contributed by atoms with Crippen molar-refractivity contribution in [3.05, 3.63) is 35.6 Å². The summed E-state index contributed by atoms with van der Waals surface area (Å²) in [6, 6.07) is 5.74. The largest absolute Gasteiger partial charge is 0.337 e. The minimum Gasteiger partial charge on any atom is -0.337 e. The molecule has 0 spiro atoms. The Balaban J connectivity index is 2.14. The molecule has 1 aliphatic heterocycles. The van der Waals surface area contributed by atoms with E-state index in [-0.39, 0.29) is 17.3 Å². The van der Waals surface area contributed by atoms with Gasteiger partial charge in [-0.15, -0.1) is 0 Å². The summed E-state index contributed by atoms with van der Waals surface area (Å²) < 4.78 is 12.8. The van der Waals surface area contributed by atoms with Crippen LogP contribution in [0.15, 0.2) is 24.3 Å². The molecule has 1 fully saturated rings. The van der Waals surface area contributed by atoms with E-state index >= 15 is 0 Å². The number of carbonyl (C=O) groups excluding carboxylic acids is 1. The number of nitrogens with zero attached hydrogens (tertiary/aromatic N) is 1. The maximum Gasteiger partial charge on any atom is 0.253 e. The molecule has 0 atom stereocenters. The van der Waals surface area contributed by atoms with Gasteiger partial charge in [0, 0.05) is 24.2 Å². The molecular weight excluding hydrogens is 231 g/mol. The molecule has 1 N–H and O–H groups in total. The van der Waals surface area contributed by atoms with Gasteiger partial charge in [-0.2, -0.15) is 0 Å². The van der Waals surface area contributed by atoms with Crippen molar-refractivity contribution in [1.29, 1.82) is 0 Å². The molecule has 1 heterocycles. The average molecular weight is 250 g/mol. The zero-order chi connectivity index (χ0) is 13.2. The van der Waals surface area contributed by atoms with Gasteiger partial charge in [-0.3, -0.25) is 4.79 Å². The highest BCUT2D eigenvalue weighted by Gasteiger charge is 2.27. The molecule has 0 saturated carbocycles. The number of amides is 1. The van der Waals surface area contributed by atoms with Crippen LogP contribution in [0.4, 0.5) is 4.39 Å². The van der Waals surface area contributed by atoms with Gasteiger partial charge in [0.15, 0.2) is 0 Å². The number of halogens is 1. The fourth-order valence-corrected chi connectivity index (χ4v) is 2.26. The monoisotopic (exact) mass is 250 g/mol. The van der Waals surface area contributed by atoms with E-state index in [9.17, 15) is 9.18 Å². The molecule has 98 valence electrons. The van der Waals surface area contributed by atoms with E-state index < -0.39 is 0 Å². The molecule has 4 heteroatoms. The van der Waals surface area contributed by atoms with Crippen LogP contribution in [0.1, 0.15) is 30.6 Å². The van der Waals surface area contributed by atoms with E-state index in [0.29, 0.717) is 12.1 Å². The van der Waals surface area contributed by atoms with Crippen LogP contribution in [0.3, 0.4) is 0 Å². The lowest BCUT2D eigenvalue weighted by molar-refractivity contribution is 0.0733. The third-order valence-corrected chi connectivity index (χ3v) is 3.17. The molecule has 1 amide bonds. The third-order valence-electron chi connectivity index (χ3n) is 3.17. The van der Waals surface area contributed by atoms with Gasteiger partial charge in [0.2, 0.25) is 0 Å². The molecule has 1 aromatic rings. The number of carbonyl (C=O) groups is 1. The van der Waals surface area contributed by atoms with Crippen LogP contribution in [0, 0.1) is 5.82 Å². The SMILES string of the molecule is CC1(C)CN(C(=O)c2ccc(F)cc2)CCCN1. The Morgan fingerprint density at radius 1 is 1.33 bits per heavy atom. The first kappa shape index (κ1) is 13.0. The molecule has 0 aliphatic carbocycles. The van der Waals surface area contributed by atoms with Crippen LogP contribution in [-0.4, -0.2) is 36.0 Å². The summed E-state index contributed by atoms with van der Waals surface area (Å²) >= 11 is 0. The molecule has 1 saturated heterocycles. The second-order valence-corrected chi connectivity index (χ2v) is 5.40. The summed E-state index contributed by atoms with van der Waals surface area (Å²) in [4.78, 5) is 14.2. The summed E-state index contributed by atoms with van der Waals surface area (Å²) in [6.45, 7) is 6.50. The fraction of sp³-hybridized carbons (Fsp3) is 0.500. The van der Waals surface area contributed by atoms with Crippen molar-refractivity contribution in [3.8, 4) is 0 Å². The topological polar surface area (TPSA) is 32.3 Å². The first-order chi connectivity index (χ1) is 8.48. The van der Waals surface area contributed by atoms with Crippen LogP contribution < -0.4 is 5.32 Å². The number of nitrogens with one attached hydrogen (secondary N) is 1. The third kappa shape index (κ3) is 3.07. The predicted molar refractivity (Wildman–Crippen MR) is 69.0 cm³/mol. The Labute approximate surface area is 107 Å². The lowest BCUT2D eigenvalue weighted by Crippen LogP contribution is -2.47. The van der Waals surface area contributed by atoms with Gasteiger partial charge in [-0.05, 0) is 51.1 Å². The number of rotatable bonds is 1. The second-order valence-electron chi connectivity index (χ2n) is 5.40. The Morgan fingerprint density at radius 2 is 2.00 bits per heavy atom. The minimum atomic E-state index is -0.315. The van der Waals surface area contributed by atoms with E-state index in [4.69, 9.17) is 0 Å². The molecule has 1 aliphatic rings.